The lowest BCUT2D eigenvalue weighted by molar-refractivity contribution is -0.360. The molecule has 1 aliphatic carbocycles. The molecule has 25 heteroatoms. The minimum Gasteiger partial charge on any atom is -0.463 e. The van der Waals surface area contributed by atoms with Crippen LogP contribution in [0.4, 0.5) is 0 Å². The Morgan fingerprint density at radius 2 is 0.830 bits per heavy atom. The van der Waals surface area contributed by atoms with Gasteiger partial charge in [0.05, 0.1) is 13.2 Å². The summed E-state index contributed by atoms with van der Waals surface area (Å²) >= 11 is 0. The molecule has 0 spiro atoms. The summed E-state index contributed by atoms with van der Waals surface area (Å²) in [5.41, 5.74) is 0. The fourth-order valence-electron chi connectivity index (χ4n) is 11.6. The van der Waals surface area contributed by atoms with E-state index in [-0.39, 0.29) is 12.8 Å². The van der Waals surface area contributed by atoms with Crippen molar-refractivity contribution in [3.05, 3.63) is 36.5 Å². The third kappa shape index (κ3) is 34.8. The van der Waals surface area contributed by atoms with Gasteiger partial charge in [0.15, 0.2) is 18.7 Å². The lowest BCUT2D eigenvalue weighted by Gasteiger charge is -2.49. The zero-order valence-corrected chi connectivity index (χ0v) is 57.6. The van der Waals surface area contributed by atoms with E-state index in [0.29, 0.717) is 12.8 Å². The molecule has 3 aliphatic rings. The topological polar surface area (TPSA) is 374 Å². The van der Waals surface area contributed by atoms with Gasteiger partial charge in [0.1, 0.15) is 98.7 Å². The Kier molecular flexibility index (Phi) is 46.7. The molecule has 0 radical (unpaired) electrons. The number of allylic oxidation sites excluding steroid dienone is 5. The number of aliphatic hydroxyl groups excluding tert-OH is 10. The van der Waals surface area contributed by atoms with Crippen LogP contribution in [-0.2, 0) is 61.2 Å². The molecule has 1 saturated carbocycles. The summed E-state index contributed by atoms with van der Waals surface area (Å²) in [6, 6.07) is 0. The molecule has 18 unspecified atom stereocenters. The minimum atomic E-state index is -5.71. The van der Waals surface area contributed by atoms with Gasteiger partial charge < -0.3 is 89.1 Å². The summed E-state index contributed by atoms with van der Waals surface area (Å²) in [5, 5.41) is 110. The monoisotopic (exact) mass is 1370 g/mol. The standard InChI is InChI=1S/C69H123O24P/c1-4-7-10-13-16-19-22-24-25-27-30-31-34-37-40-43-53(71)85-47-50(88-55(73)45-42-39-36-33-28-21-18-15-12-9-6-3)48-87-94(83,84)93-67-65(91-68-63(81)58(76)56(74)51(46-70)89-68)61(79)60(78)62(80)66(67)92-69-64(82)59(77)57(75)52(90-69)49-86-54(72)44-41-38-35-32-29-26-23-20-17-14-11-8-5-2/h26,29,34,37,40,43,50-52,56-70,74-82H,4-25,27-28,30-33,35-36,38-39,41-42,44-49H2,1-3H3,(H,83,84)/b29-26-,37-34+,43-40+. The smallest absolute Gasteiger partial charge is 0.463 e. The average Bonchev–Trinajstić information content (AvgIpc) is 0.843. The lowest BCUT2D eigenvalue weighted by atomic mass is 9.84. The van der Waals surface area contributed by atoms with Gasteiger partial charge in [0.25, 0.3) is 0 Å². The van der Waals surface area contributed by atoms with Crippen LogP contribution in [0.2, 0.25) is 0 Å². The van der Waals surface area contributed by atoms with Crippen LogP contribution in [-0.4, -0.2) is 204 Å². The van der Waals surface area contributed by atoms with Crippen molar-refractivity contribution in [2.24, 2.45) is 0 Å². The Morgan fingerprint density at radius 3 is 1.30 bits per heavy atom. The number of rotatable bonds is 54. The zero-order chi connectivity index (χ0) is 68.9. The fourth-order valence-corrected chi connectivity index (χ4v) is 12.6. The number of phosphoric acid groups is 1. The number of carbonyl (C=O) groups excluding carboxylic acids is 3. The summed E-state index contributed by atoms with van der Waals surface area (Å²) in [7, 11) is -5.71. The van der Waals surface area contributed by atoms with E-state index in [0.717, 1.165) is 96.0 Å². The first kappa shape index (κ1) is 85.4. The Bertz CT molecular complexity index is 2100. The summed E-state index contributed by atoms with van der Waals surface area (Å²) in [4.78, 5) is 50.7. The van der Waals surface area contributed by atoms with Gasteiger partial charge in [-0.2, -0.15) is 0 Å². The van der Waals surface area contributed by atoms with Gasteiger partial charge in [0, 0.05) is 18.9 Å². The molecule has 94 heavy (non-hydrogen) atoms. The number of phosphoric ester groups is 1. The summed E-state index contributed by atoms with van der Waals surface area (Å²) in [6.45, 7) is 3.27. The highest BCUT2D eigenvalue weighted by molar-refractivity contribution is 7.47. The largest absolute Gasteiger partial charge is 0.472 e. The Balaban J connectivity index is 1.77. The quantitative estimate of drug-likeness (QED) is 0.00515. The fraction of sp³-hybridized carbons (Fsp3) is 0.870. The van der Waals surface area contributed by atoms with Crippen LogP contribution in [0.3, 0.4) is 0 Å². The highest BCUT2D eigenvalue weighted by Crippen LogP contribution is 2.49. The van der Waals surface area contributed by atoms with Crippen molar-refractivity contribution < 1.29 is 117 Å². The van der Waals surface area contributed by atoms with Crippen molar-refractivity contribution in [1.29, 1.82) is 0 Å². The minimum absolute atomic E-state index is 0.00450. The molecule has 3 rings (SSSR count). The molecule has 2 saturated heterocycles. The second kappa shape index (κ2) is 51.4. The summed E-state index contributed by atoms with van der Waals surface area (Å²) < 4.78 is 64.6. The van der Waals surface area contributed by atoms with Crippen molar-refractivity contribution in [2.75, 3.05) is 26.4 Å². The summed E-state index contributed by atoms with van der Waals surface area (Å²) in [6.07, 6.45) is 11.7. The maximum atomic E-state index is 14.3. The molecule has 24 nitrogen and oxygen atoms in total. The maximum Gasteiger partial charge on any atom is 0.472 e. The molecule has 0 bridgehead atoms. The van der Waals surface area contributed by atoms with Crippen molar-refractivity contribution in [3.63, 3.8) is 0 Å². The van der Waals surface area contributed by atoms with Crippen LogP contribution in [0.15, 0.2) is 36.5 Å². The first-order valence-electron chi connectivity index (χ1n) is 35.8. The van der Waals surface area contributed by atoms with Crippen molar-refractivity contribution in [3.8, 4) is 0 Å². The molecule has 11 N–H and O–H groups in total. The second-order valence-corrected chi connectivity index (χ2v) is 27.1. The van der Waals surface area contributed by atoms with Crippen LogP contribution in [0.25, 0.3) is 0 Å². The molecule has 2 aliphatic heterocycles. The molecule has 0 amide bonds. The first-order valence-corrected chi connectivity index (χ1v) is 37.3. The van der Waals surface area contributed by atoms with E-state index < -0.39 is 156 Å². The van der Waals surface area contributed by atoms with E-state index in [9.17, 15) is 74.9 Å². The summed E-state index contributed by atoms with van der Waals surface area (Å²) in [5.74, 6) is -2.26. The number of carbonyl (C=O) groups is 3. The third-order valence-electron chi connectivity index (χ3n) is 17.5. The van der Waals surface area contributed by atoms with Crippen LogP contribution in [0.5, 0.6) is 0 Å². The highest BCUT2D eigenvalue weighted by Gasteiger charge is 2.58. The highest BCUT2D eigenvalue weighted by atomic mass is 31.2. The van der Waals surface area contributed by atoms with Crippen molar-refractivity contribution in [1.82, 2.24) is 0 Å². The van der Waals surface area contributed by atoms with Gasteiger partial charge in [-0.3, -0.25) is 18.6 Å². The van der Waals surface area contributed by atoms with Crippen molar-refractivity contribution in [2.45, 2.75) is 356 Å². The number of aliphatic hydroxyl groups is 10. The number of hydrogen-bond acceptors (Lipinski definition) is 23. The van der Waals surface area contributed by atoms with E-state index in [1.165, 1.54) is 122 Å². The van der Waals surface area contributed by atoms with Crippen LogP contribution < -0.4 is 0 Å². The maximum absolute atomic E-state index is 14.3. The molecule has 0 aromatic rings. The molecular formula is C69H123O24P. The van der Waals surface area contributed by atoms with Gasteiger partial charge in [-0.05, 0) is 51.4 Å². The molecule has 18 atom stereocenters. The van der Waals surface area contributed by atoms with Crippen LogP contribution in [0.1, 0.15) is 252 Å². The third-order valence-corrected chi connectivity index (χ3v) is 18.5. The number of unbranched alkanes of at least 4 members (excludes halogenated alkanes) is 30. The molecule has 2 heterocycles. The van der Waals surface area contributed by atoms with E-state index in [1.807, 2.05) is 6.08 Å². The van der Waals surface area contributed by atoms with Gasteiger partial charge >= 0.3 is 25.7 Å². The molecule has 0 aromatic heterocycles. The lowest BCUT2D eigenvalue weighted by Crippen LogP contribution is -2.69. The van der Waals surface area contributed by atoms with Gasteiger partial charge in [-0.15, -0.1) is 0 Å². The molecule has 3 fully saturated rings. The van der Waals surface area contributed by atoms with E-state index in [2.05, 4.69) is 32.9 Å². The predicted molar refractivity (Wildman–Crippen MR) is 351 cm³/mol. The Labute approximate surface area is 559 Å². The Hall–Kier alpha value is -2.82. The van der Waals surface area contributed by atoms with Gasteiger partial charge in [-0.25, -0.2) is 9.36 Å². The molecule has 0 aromatic carbocycles. The Morgan fingerprint density at radius 1 is 0.436 bits per heavy atom. The van der Waals surface area contributed by atoms with Crippen LogP contribution >= 0.6 is 7.82 Å². The average molecular weight is 1370 g/mol. The first-order chi connectivity index (χ1) is 45.3. The van der Waals surface area contributed by atoms with Gasteiger partial charge in [0.2, 0.25) is 0 Å². The number of ether oxygens (including phenoxy) is 7. The van der Waals surface area contributed by atoms with E-state index in [1.54, 1.807) is 6.08 Å². The predicted octanol–water partition coefficient (Wildman–Crippen LogP) is 8.73. The zero-order valence-electron chi connectivity index (χ0n) is 56.7. The molecular weight excluding hydrogens is 1240 g/mol. The SMILES string of the molecule is CCCCCCCC/C=C\CCCCCC(=O)OCC1OC(OC2C(O)C(O)C(O)C(OC3OC(CO)C(O)C(O)C3O)C2OP(=O)(O)OCC(COC(=O)/C=C/C=C/CCCCCCCCCCCCC)OC(=O)CCCCCCCCCCCCC)C(O)C(O)C1O. The van der Waals surface area contributed by atoms with Crippen molar-refractivity contribution >= 4 is 25.7 Å². The van der Waals surface area contributed by atoms with E-state index in [4.69, 9.17) is 42.2 Å². The second-order valence-electron chi connectivity index (χ2n) is 25.7. The van der Waals surface area contributed by atoms with E-state index >= 15 is 0 Å². The number of hydrogen-bond donors (Lipinski definition) is 11. The van der Waals surface area contributed by atoms with Crippen LogP contribution in [0, 0.1) is 0 Å². The normalized spacial score (nSPS) is 28.5. The molecule has 548 valence electrons. The van der Waals surface area contributed by atoms with Gasteiger partial charge in [-0.1, -0.05) is 218 Å². The number of esters is 3.